The van der Waals surface area contributed by atoms with E-state index in [1.54, 1.807) is 30.5 Å². The van der Waals surface area contributed by atoms with Crippen LogP contribution in [0.3, 0.4) is 0 Å². The van der Waals surface area contributed by atoms with Gasteiger partial charge in [0.25, 0.3) is 0 Å². The maximum absolute atomic E-state index is 13.6. The minimum atomic E-state index is -0.652. The molecule has 132 valence electrons. The number of pyridine rings is 1. The second kappa shape index (κ2) is 7.19. The van der Waals surface area contributed by atoms with Gasteiger partial charge < -0.3 is 15.7 Å². The third kappa shape index (κ3) is 4.14. The van der Waals surface area contributed by atoms with Crippen LogP contribution < -0.4 is 10.6 Å². The molecule has 1 saturated carbocycles. The first kappa shape index (κ1) is 17.4. The number of urea groups is 1. The van der Waals surface area contributed by atoms with Crippen LogP contribution in [0.15, 0.2) is 48.7 Å². The Morgan fingerprint density at radius 2 is 2.16 bits per heavy atom. The molecule has 2 atom stereocenters. The first-order valence-corrected chi connectivity index (χ1v) is 8.38. The zero-order valence-corrected chi connectivity index (χ0v) is 14.1. The van der Waals surface area contributed by atoms with Crippen molar-refractivity contribution >= 4 is 6.03 Å². The van der Waals surface area contributed by atoms with E-state index in [0.29, 0.717) is 11.3 Å². The molecular formula is C19H22FN3O2. The average Bonchev–Trinajstić information content (AvgIpc) is 3.46. The molecule has 6 heteroatoms. The summed E-state index contributed by atoms with van der Waals surface area (Å²) in [5, 5.41) is 15.4. The Balaban J connectivity index is 1.81. The van der Waals surface area contributed by atoms with E-state index in [2.05, 4.69) is 15.6 Å². The van der Waals surface area contributed by atoms with Gasteiger partial charge in [0.1, 0.15) is 5.82 Å². The van der Waals surface area contributed by atoms with Crippen LogP contribution in [0.2, 0.25) is 0 Å². The van der Waals surface area contributed by atoms with E-state index in [1.165, 1.54) is 12.1 Å². The summed E-state index contributed by atoms with van der Waals surface area (Å²) in [6.45, 7) is 1.71. The largest absolute Gasteiger partial charge is 0.394 e. The lowest BCUT2D eigenvalue weighted by Crippen LogP contribution is -2.54. The minimum absolute atomic E-state index is 0.126. The highest BCUT2D eigenvalue weighted by atomic mass is 19.1. The van der Waals surface area contributed by atoms with Crippen molar-refractivity contribution in [3.05, 3.63) is 65.7 Å². The molecule has 5 nitrogen and oxygen atoms in total. The number of nitrogens with one attached hydrogen (secondary N) is 2. The predicted molar refractivity (Wildman–Crippen MR) is 92.4 cm³/mol. The van der Waals surface area contributed by atoms with Crippen molar-refractivity contribution in [1.29, 1.82) is 0 Å². The molecule has 1 aliphatic rings. The SMILES string of the molecule is CC(CO)(NC(=O)NC(c1cccc(F)c1)c1ccccn1)C1CC1. The van der Waals surface area contributed by atoms with E-state index in [-0.39, 0.29) is 18.3 Å². The quantitative estimate of drug-likeness (QED) is 0.755. The van der Waals surface area contributed by atoms with Crippen molar-refractivity contribution in [3.8, 4) is 0 Å². The van der Waals surface area contributed by atoms with Crippen LogP contribution in [-0.4, -0.2) is 28.3 Å². The van der Waals surface area contributed by atoms with Gasteiger partial charge in [-0.2, -0.15) is 0 Å². The molecule has 1 aromatic heterocycles. The molecule has 1 aromatic carbocycles. The summed E-state index contributed by atoms with van der Waals surface area (Å²) in [5.74, 6) is -0.0930. The topological polar surface area (TPSA) is 74.2 Å². The molecule has 1 heterocycles. The predicted octanol–water partition coefficient (Wildman–Crippen LogP) is 2.77. The molecule has 25 heavy (non-hydrogen) atoms. The third-order valence-electron chi connectivity index (χ3n) is 4.65. The van der Waals surface area contributed by atoms with Gasteiger partial charge in [-0.15, -0.1) is 0 Å². The molecule has 1 fully saturated rings. The number of aliphatic hydroxyl groups is 1. The second-order valence-corrected chi connectivity index (χ2v) is 6.69. The average molecular weight is 343 g/mol. The molecule has 2 unspecified atom stereocenters. The van der Waals surface area contributed by atoms with E-state index >= 15 is 0 Å². The number of halogens is 1. The highest BCUT2D eigenvalue weighted by molar-refractivity contribution is 5.76. The third-order valence-corrected chi connectivity index (χ3v) is 4.65. The Morgan fingerprint density at radius 1 is 1.36 bits per heavy atom. The van der Waals surface area contributed by atoms with Crippen molar-refractivity contribution in [3.63, 3.8) is 0 Å². The summed E-state index contributed by atoms with van der Waals surface area (Å²) < 4.78 is 13.6. The lowest BCUT2D eigenvalue weighted by atomic mass is 9.97. The zero-order valence-electron chi connectivity index (χ0n) is 14.1. The van der Waals surface area contributed by atoms with Gasteiger partial charge >= 0.3 is 6.03 Å². The van der Waals surface area contributed by atoms with E-state index in [0.717, 1.165) is 12.8 Å². The van der Waals surface area contributed by atoms with E-state index < -0.39 is 17.6 Å². The van der Waals surface area contributed by atoms with Crippen LogP contribution >= 0.6 is 0 Å². The number of nitrogens with zero attached hydrogens (tertiary/aromatic N) is 1. The zero-order chi connectivity index (χ0) is 17.9. The number of carbonyl (C=O) groups is 1. The minimum Gasteiger partial charge on any atom is -0.394 e. The van der Waals surface area contributed by atoms with E-state index in [4.69, 9.17) is 0 Å². The molecule has 0 spiro atoms. The number of hydrogen-bond acceptors (Lipinski definition) is 3. The fourth-order valence-electron chi connectivity index (χ4n) is 2.98. The fraction of sp³-hybridized carbons (Fsp3) is 0.368. The Morgan fingerprint density at radius 3 is 2.76 bits per heavy atom. The molecule has 2 aromatic rings. The van der Waals surface area contributed by atoms with Crippen LogP contribution in [0.25, 0.3) is 0 Å². The molecule has 0 aliphatic heterocycles. The van der Waals surface area contributed by atoms with Crippen LogP contribution in [0.5, 0.6) is 0 Å². The molecule has 3 N–H and O–H groups in total. The number of carbonyl (C=O) groups excluding carboxylic acids is 1. The molecule has 0 radical (unpaired) electrons. The van der Waals surface area contributed by atoms with Crippen molar-refractivity contribution in [2.75, 3.05) is 6.61 Å². The number of amides is 2. The smallest absolute Gasteiger partial charge is 0.316 e. The number of aliphatic hydroxyl groups excluding tert-OH is 1. The number of hydrogen-bond donors (Lipinski definition) is 3. The maximum atomic E-state index is 13.6. The van der Waals surface area contributed by atoms with Gasteiger partial charge in [-0.3, -0.25) is 4.98 Å². The lowest BCUT2D eigenvalue weighted by molar-refractivity contribution is 0.154. The van der Waals surface area contributed by atoms with Gasteiger partial charge in [0.05, 0.1) is 23.9 Å². The van der Waals surface area contributed by atoms with Gasteiger partial charge in [0, 0.05) is 6.20 Å². The van der Waals surface area contributed by atoms with Crippen molar-refractivity contribution in [2.45, 2.75) is 31.3 Å². The highest BCUT2D eigenvalue weighted by Gasteiger charge is 2.42. The highest BCUT2D eigenvalue weighted by Crippen LogP contribution is 2.39. The number of benzene rings is 1. The van der Waals surface area contributed by atoms with E-state index in [1.807, 2.05) is 13.0 Å². The summed E-state index contributed by atoms with van der Waals surface area (Å²) in [6, 6.07) is 10.5. The summed E-state index contributed by atoms with van der Waals surface area (Å²) >= 11 is 0. The van der Waals surface area contributed by atoms with Gasteiger partial charge in [-0.1, -0.05) is 18.2 Å². The maximum Gasteiger partial charge on any atom is 0.316 e. The number of rotatable bonds is 6. The van der Waals surface area contributed by atoms with Gasteiger partial charge in [-0.05, 0) is 55.5 Å². The Bertz CT molecular complexity index is 736. The summed E-state index contributed by atoms with van der Waals surface area (Å²) in [7, 11) is 0. The Labute approximate surface area is 146 Å². The first-order valence-electron chi connectivity index (χ1n) is 8.38. The Kier molecular flexibility index (Phi) is 4.99. The fourth-order valence-corrected chi connectivity index (χ4v) is 2.98. The first-order chi connectivity index (χ1) is 12.0. The summed E-state index contributed by atoms with van der Waals surface area (Å²) in [6.07, 6.45) is 3.61. The molecule has 0 saturated heterocycles. The van der Waals surface area contributed by atoms with Crippen LogP contribution in [0.4, 0.5) is 9.18 Å². The molecule has 0 bridgehead atoms. The summed E-state index contributed by atoms with van der Waals surface area (Å²) in [4.78, 5) is 16.8. The monoisotopic (exact) mass is 343 g/mol. The van der Waals surface area contributed by atoms with Crippen molar-refractivity contribution in [1.82, 2.24) is 15.6 Å². The van der Waals surface area contributed by atoms with Crippen molar-refractivity contribution in [2.24, 2.45) is 5.92 Å². The second-order valence-electron chi connectivity index (χ2n) is 6.69. The lowest BCUT2D eigenvalue weighted by Gasteiger charge is -2.30. The van der Waals surface area contributed by atoms with Gasteiger partial charge in [0.15, 0.2) is 0 Å². The number of aromatic nitrogens is 1. The van der Waals surface area contributed by atoms with Crippen LogP contribution in [0.1, 0.15) is 37.1 Å². The summed E-state index contributed by atoms with van der Waals surface area (Å²) in [5.41, 5.74) is 0.562. The normalized spacial score (nSPS) is 17.4. The van der Waals surface area contributed by atoms with Gasteiger partial charge in [-0.25, -0.2) is 9.18 Å². The molecule has 2 amide bonds. The van der Waals surface area contributed by atoms with Crippen molar-refractivity contribution < 1.29 is 14.3 Å². The standard InChI is InChI=1S/C19H22FN3O2/c1-19(12-24,14-8-9-14)23-18(25)22-17(16-7-2-3-10-21-16)13-5-4-6-15(20)11-13/h2-7,10-11,14,17,24H,8-9,12H2,1H3,(H2,22,23,25). The van der Waals surface area contributed by atoms with Crippen LogP contribution in [-0.2, 0) is 0 Å². The molecular weight excluding hydrogens is 321 g/mol. The molecule has 3 rings (SSSR count). The molecule has 1 aliphatic carbocycles. The van der Waals surface area contributed by atoms with E-state index in [9.17, 15) is 14.3 Å². The van der Waals surface area contributed by atoms with Gasteiger partial charge in [0.2, 0.25) is 0 Å². The Hall–Kier alpha value is -2.47. The van der Waals surface area contributed by atoms with Crippen LogP contribution in [0, 0.1) is 11.7 Å².